The number of hydrogen-bond acceptors (Lipinski definition) is 7. The average molecular weight is 430 g/mol. The quantitative estimate of drug-likeness (QED) is 0.490. The Bertz CT molecular complexity index is 1460. The van der Waals surface area contributed by atoms with E-state index in [0.717, 1.165) is 16.2 Å². The van der Waals surface area contributed by atoms with Gasteiger partial charge in [-0.3, -0.25) is 19.3 Å². The first-order valence-corrected chi connectivity index (χ1v) is 9.87. The van der Waals surface area contributed by atoms with E-state index in [1.165, 1.54) is 19.2 Å². The van der Waals surface area contributed by atoms with E-state index < -0.39 is 11.8 Å². The topological polar surface area (TPSA) is 119 Å². The highest BCUT2D eigenvalue weighted by molar-refractivity contribution is 6.22. The number of nitrogens with one attached hydrogen (secondary N) is 1. The van der Waals surface area contributed by atoms with Gasteiger partial charge in [0, 0.05) is 18.3 Å². The summed E-state index contributed by atoms with van der Waals surface area (Å²) in [6.45, 7) is 5.38. The van der Waals surface area contributed by atoms with E-state index in [1.54, 1.807) is 19.1 Å². The molecule has 9 nitrogen and oxygen atoms in total. The Hall–Kier alpha value is -4.27. The van der Waals surface area contributed by atoms with Crippen LogP contribution in [0.1, 0.15) is 48.3 Å². The summed E-state index contributed by atoms with van der Waals surface area (Å²) in [4.78, 5) is 43.2. The highest BCUT2D eigenvalue weighted by Crippen LogP contribution is 2.31. The van der Waals surface area contributed by atoms with Gasteiger partial charge in [0.05, 0.1) is 33.5 Å². The molecule has 1 aliphatic heterocycles. The molecule has 4 aromatic rings. The molecule has 4 heterocycles. The fourth-order valence-electron chi connectivity index (χ4n) is 3.93. The summed E-state index contributed by atoms with van der Waals surface area (Å²) in [7, 11) is 1.42. The van der Waals surface area contributed by atoms with Crippen LogP contribution in [0.4, 0.5) is 5.69 Å². The summed E-state index contributed by atoms with van der Waals surface area (Å²) in [5, 5.41) is 7.25. The highest BCUT2D eigenvalue weighted by atomic mass is 16.5. The third-order valence-corrected chi connectivity index (χ3v) is 5.53. The van der Waals surface area contributed by atoms with Crippen molar-refractivity contribution in [1.29, 1.82) is 0 Å². The van der Waals surface area contributed by atoms with Crippen molar-refractivity contribution in [3.63, 3.8) is 0 Å². The molecule has 32 heavy (non-hydrogen) atoms. The van der Waals surface area contributed by atoms with Gasteiger partial charge in [0.1, 0.15) is 11.5 Å². The molecule has 9 heteroatoms. The number of anilines is 1. The minimum absolute atomic E-state index is 0.236. The SMILES string of the molecule is Cc1cc(-c2cc(C(=O)Nc3ccc4c(c3)C(=O)N(C)C4=O)c3c(C)noc3n2)c(C)o1. The van der Waals surface area contributed by atoms with Crippen LogP contribution in [0.5, 0.6) is 0 Å². The van der Waals surface area contributed by atoms with Crippen molar-refractivity contribution in [1.82, 2.24) is 15.0 Å². The molecule has 0 atom stereocenters. The number of benzene rings is 1. The van der Waals surface area contributed by atoms with Crippen LogP contribution in [0.15, 0.2) is 39.3 Å². The Morgan fingerprint density at radius 3 is 2.47 bits per heavy atom. The number of imide groups is 1. The number of aryl methyl sites for hydroxylation is 3. The van der Waals surface area contributed by atoms with Crippen LogP contribution in [0, 0.1) is 20.8 Å². The highest BCUT2D eigenvalue weighted by Gasteiger charge is 2.33. The van der Waals surface area contributed by atoms with Gasteiger partial charge in [-0.05, 0) is 51.1 Å². The van der Waals surface area contributed by atoms with Crippen molar-refractivity contribution in [3.05, 3.63) is 64.2 Å². The summed E-state index contributed by atoms with van der Waals surface area (Å²) in [5.74, 6) is 0.196. The minimum atomic E-state index is -0.423. The molecule has 0 saturated heterocycles. The third kappa shape index (κ3) is 2.89. The maximum absolute atomic E-state index is 13.3. The Kier molecular flexibility index (Phi) is 4.23. The van der Waals surface area contributed by atoms with E-state index in [4.69, 9.17) is 8.94 Å². The second kappa shape index (κ2) is 6.88. The minimum Gasteiger partial charge on any atom is -0.466 e. The zero-order chi connectivity index (χ0) is 22.7. The van der Waals surface area contributed by atoms with Crippen LogP contribution in [-0.2, 0) is 0 Å². The van der Waals surface area contributed by atoms with E-state index >= 15 is 0 Å². The Morgan fingerprint density at radius 1 is 1.00 bits per heavy atom. The molecule has 1 N–H and O–H groups in total. The van der Waals surface area contributed by atoms with E-state index in [0.29, 0.717) is 39.3 Å². The fraction of sp³-hybridized carbons (Fsp3) is 0.174. The maximum Gasteiger partial charge on any atom is 0.261 e. The summed E-state index contributed by atoms with van der Waals surface area (Å²) in [6.07, 6.45) is 0. The van der Waals surface area contributed by atoms with Gasteiger partial charge in [-0.15, -0.1) is 0 Å². The van der Waals surface area contributed by atoms with E-state index in [2.05, 4.69) is 15.5 Å². The number of fused-ring (bicyclic) bond motifs is 2. The predicted octanol–water partition coefficient (Wildman–Crippen LogP) is 3.89. The normalized spacial score (nSPS) is 13.2. The van der Waals surface area contributed by atoms with Gasteiger partial charge in [0.25, 0.3) is 23.4 Å². The van der Waals surface area contributed by atoms with Gasteiger partial charge in [0.15, 0.2) is 0 Å². The van der Waals surface area contributed by atoms with Crippen molar-refractivity contribution >= 4 is 34.5 Å². The van der Waals surface area contributed by atoms with E-state index in [9.17, 15) is 14.4 Å². The number of furan rings is 1. The van der Waals surface area contributed by atoms with Crippen LogP contribution in [-0.4, -0.2) is 39.8 Å². The van der Waals surface area contributed by atoms with Gasteiger partial charge in [-0.25, -0.2) is 4.98 Å². The van der Waals surface area contributed by atoms with Crippen molar-refractivity contribution in [2.24, 2.45) is 0 Å². The van der Waals surface area contributed by atoms with Crippen molar-refractivity contribution in [2.75, 3.05) is 12.4 Å². The number of rotatable bonds is 3. The number of carbonyl (C=O) groups is 3. The molecule has 1 aromatic carbocycles. The van der Waals surface area contributed by atoms with Gasteiger partial charge in [-0.2, -0.15) is 0 Å². The number of amides is 3. The molecule has 5 rings (SSSR count). The van der Waals surface area contributed by atoms with Gasteiger partial charge in [0.2, 0.25) is 0 Å². The molecule has 0 spiro atoms. The van der Waals surface area contributed by atoms with Gasteiger partial charge < -0.3 is 14.3 Å². The average Bonchev–Trinajstić information content (AvgIpc) is 3.38. The first-order chi connectivity index (χ1) is 15.2. The Balaban J connectivity index is 1.57. The molecule has 3 aromatic heterocycles. The lowest BCUT2D eigenvalue weighted by molar-refractivity contribution is 0.0692. The van der Waals surface area contributed by atoms with Crippen LogP contribution in [0.25, 0.3) is 22.4 Å². The second-order valence-corrected chi connectivity index (χ2v) is 7.71. The first kappa shape index (κ1) is 19.7. The molecule has 0 saturated carbocycles. The summed E-state index contributed by atoms with van der Waals surface area (Å²) in [5.41, 5.74) is 3.30. The molecule has 1 aliphatic rings. The molecule has 0 radical (unpaired) electrons. The molecular formula is C23H18N4O5. The van der Waals surface area contributed by atoms with Crippen LogP contribution >= 0.6 is 0 Å². The number of pyridine rings is 1. The zero-order valence-corrected chi connectivity index (χ0v) is 17.8. The van der Waals surface area contributed by atoms with E-state index in [1.807, 2.05) is 19.9 Å². The van der Waals surface area contributed by atoms with Crippen molar-refractivity contribution < 1.29 is 23.3 Å². The smallest absolute Gasteiger partial charge is 0.261 e. The van der Waals surface area contributed by atoms with Crippen LogP contribution < -0.4 is 5.32 Å². The number of hydrogen-bond donors (Lipinski definition) is 1. The lowest BCUT2D eigenvalue weighted by Gasteiger charge is -2.09. The van der Waals surface area contributed by atoms with Crippen LogP contribution in [0.3, 0.4) is 0 Å². The monoisotopic (exact) mass is 430 g/mol. The molecule has 3 amide bonds. The first-order valence-electron chi connectivity index (χ1n) is 9.87. The largest absolute Gasteiger partial charge is 0.466 e. The zero-order valence-electron chi connectivity index (χ0n) is 17.8. The van der Waals surface area contributed by atoms with Gasteiger partial charge in [-0.1, -0.05) is 5.16 Å². The van der Waals surface area contributed by atoms with Crippen molar-refractivity contribution in [3.8, 4) is 11.3 Å². The second-order valence-electron chi connectivity index (χ2n) is 7.71. The number of nitrogens with zero attached hydrogens (tertiary/aromatic N) is 3. The fourth-order valence-corrected chi connectivity index (χ4v) is 3.93. The molecule has 0 aliphatic carbocycles. The molecular weight excluding hydrogens is 412 g/mol. The van der Waals surface area contributed by atoms with Crippen LogP contribution in [0.2, 0.25) is 0 Å². The summed E-state index contributed by atoms with van der Waals surface area (Å²) in [6, 6.07) is 8.12. The Labute approximate surface area is 182 Å². The van der Waals surface area contributed by atoms with E-state index in [-0.39, 0.29) is 17.2 Å². The van der Waals surface area contributed by atoms with Gasteiger partial charge >= 0.3 is 0 Å². The number of carbonyl (C=O) groups excluding carboxylic acids is 3. The molecule has 0 fully saturated rings. The maximum atomic E-state index is 13.3. The molecule has 0 bridgehead atoms. The third-order valence-electron chi connectivity index (χ3n) is 5.53. The lowest BCUT2D eigenvalue weighted by atomic mass is 10.0. The van der Waals surface area contributed by atoms with Crippen molar-refractivity contribution in [2.45, 2.75) is 20.8 Å². The molecule has 0 unspecified atom stereocenters. The number of aromatic nitrogens is 2. The lowest BCUT2D eigenvalue weighted by Crippen LogP contribution is -2.24. The standard InChI is InChI=1S/C23H18N4O5/c1-10-7-15(12(3)31-10)18-9-17(19-11(2)26-32-21(19)25-18)20(28)24-13-5-6-14-16(8-13)23(30)27(4)22(14)29/h5-9H,1-4H3,(H,24,28). The predicted molar refractivity (Wildman–Crippen MR) is 115 cm³/mol. The summed E-state index contributed by atoms with van der Waals surface area (Å²) < 4.78 is 10.9. The summed E-state index contributed by atoms with van der Waals surface area (Å²) >= 11 is 0. The Morgan fingerprint density at radius 2 is 1.75 bits per heavy atom. The molecule has 160 valence electrons.